The van der Waals surface area contributed by atoms with Crippen LogP contribution in [0, 0.1) is 0 Å². The van der Waals surface area contributed by atoms with Gasteiger partial charge in [0.2, 0.25) is 5.36 Å². The van der Waals surface area contributed by atoms with Gasteiger partial charge in [0.25, 0.3) is 10.1 Å². The number of anilines is 1. The third-order valence-electron chi connectivity index (χ3n) is 11.8. The van der Waals surface area contributed by atoms with E-state index >= 15 is 0 Å². The molecule has 1 aromatic carbocycles. The summed E-state index contributed by atoms with van der Waals surface area (Å²) in [5, 5.41) is 10.5. The summed E-state index contributed by atoms with van der Waals surface area (Å²) in [5.41, 5.74) is 2.73. The summed E-state index contributed by atoms with van der Waals surface area (Å²) in [6.45, 7) is 16.2. The van der Waals surface area contributed by atoms with Gasteiger partial charge in [0, 0.05) is 61.9 Å². The Morgan fingerprint density at radius 2 is 1.31 bits per heavy atom. The van der Waals surface area contributed by atoms with Gasteiger partial charge in [-0.3, -0.25) is 9.35 Å². The van der Waals surface area contributed by atoms with Gasteiger partial charge in [-0.2, -0.15) is 8.42 Å². The number of hydrogen-bond donors (Lipinski definition) is 2. The van der Waals surface area contributed by atoms with E-state index in [0.717, 1.165) is 16.5 Å². The number of rotatable bonds is 35. The second-order valence-corrected chi connectivity index (χ2v) is 22.1. The van der Waals surface area contributed by atoms with Crippen LogP contribution in [0.5, 0.6) is 0 Å². The van der Waals surface area contributed by atoms with Crippen molar-refractivity contribution in [3.8, 4) is 11.3 Å². The normalized spacial score (nSPS) is 15.9. The van der Waals surface area contributed by atoms with Crippen LogP contribution < -0.4 is 14.8 Å². The first-order valence-corrected chi connectivity index (χ1v) is 27.6. The molecule has 0 radical (unpaired) electrons. The van der Waals surface area contributed by atoms with Gasteiger partial charge in [0.1, 0.15) is 34.6 Å². The third-order valence-corrected chi connectivity index (χ3v) is 13.7. The van der Waals surface area contributed by atoms with E-state index in [1.807, 2.05) is 42.2 Å². The Kier molecular flexibility index (Phi) is 24.8. The lowest BCUT2D eigenvalue weighted by molar-refractivity contribution is -0.137. The second-order valence-electron chi connectivity index (χ2n) is 18.4. The van der Waals surface area contributed by atoms with Crippen LogP contribution in [0.15, 0.2) is 69.6 Å². The molecule has 1 aliphatic carbocycles. The molecule has 1 atom stereocenters. The molecule has 0 fully saturated rings. The average molecular weight is 1040 g/mol. The molecule has 20 heteroatoms. The van der Waals surface area contributed by atoms with Gasteiger partial charge in [-0.1, -0.05) is 26.8 Å². The molecule has 0 saturated carbocycles. The highest BCUT2D eigenvalue weighted by molar-refractivity contribution is 7.90. The minimum Gasteiger partial charge on any atom is -0.481 e. The molecule has 1 unspecified atom stereocenters. The zero-order valence-electron chi connectivity index (χ0n) is 42.7. The van der Waals surface area contributed by atoms with Gasteiger partial charge in [0.15, 0.2) is 13.1 Å². The highest BCUT2D eigenvalue weighted by Crippen LogP contribution is 2.51. The maximum atomic E-state index is 12.4. The largest absolute Gasteiger partial charge is 0.481 e. The molecule has 2 aliphatic heterocycles. The Morgan fingerprint density at radius 1 is 0.761 bits per heavy atom. The van der Waals surface area contributed by atoms with Gasteiger partial charge < -0.3 is 52.3 Å². The summed E-state index contributed by atoms with van der Waals surface area (Å²) in [6, 6.07) is 12.5. The van der Waals surface area contributed by atoms with Gasteiger partial charge in [-0.05, 0) is 85.2 Å². The number of carboxylic acid groups (broad SMARTS) is 1. The zero-order chi connectivity index (χ0) is 51.9. The molecule has 0 saturated heterocycles. The van der Waals surface area contributed by atoms with E-state index in [4.69, 9.17) is 42.3 Å². The number of nitrogens with zero attached hydrogens (tertiary/aromatic N) is 2. The molecule has 2 heterocycles. The Hall–Kier alpha value is -4.06. The van der Waals surface area contributed by atoms with E-state index in [9.17, 15) is 31.3 Å². The number of carboxylic acids is 1. The van der Waals surface area contributed by atoms with Crippen LogP contribution in [-0.2, 0) is 73.5 Å². The fourth-order valence-corrected chi connectivity index (χ4v) is 9.35. The van der Waals surface area contributed by atoms with Crippen LogP contribution in [0.1, 0.15) is 70.3 Å². The molecule has 0 aromatic heterocycles. The molecule has 18 nitrogen and oxygen atoms in total. The molecular weight excluding hydrogens is 961 g/mol. The Balaban J connectivity index is 1.68. The van der Waals surface area contributed by atoms with Crippen molar-refractivity contribution >= 4 is 37.7 Å². The third kappa shape index (κ3) is 20.1. The highest BCUT2D eigenvalue weighted by atomic mass is 32.2. The number of aliphatic carboxylic acids is 1. The summed E-state index contributed by atoms with van der Waals surface area (Å²) in [7, 11) is -4.62. The van der Waals surface area contributed by atoms with Crippen molar-refractivity contribution in [3.05, 3.63) is 82.6 Å². The number of ether oxygens (including phenoxy) is 8. The predicted octanol–water partition coefficient (Wildman–Crippen LogP) is 5.46. The fraction of sp³-hybridized carbons (Fsp3) is 0.608. The Morgan fingerprint density at radius 3 is 1.82 bits per heavy atom. The molecule has 0 bridgehead atoms. The number of benzene rings is 2. The average Bonchev–Trinajstić information content (AvgIpc) is 3.53. The van der Waals surface area contributed by atoms with Crippen LogP contribution in [-0.4, -0.2) is 171 Å². The summed E-state index contributed by atoms with van der Waals surface area (Å²) < 4.78 is 112. The summed E-state index contributed by atoms with van der Waals surface area (Å²) in [4.78, 5) is 13.3. The summed E-state index contributed by atoms with van der Waals surface area (Å²) in [5.74, 6) is 0.171. The SMILES string of the molecule is COCCOCCOCCOCC[N+](CCOCCOCCOCCOC)=c1ccc2c(C(C)(C)C)cc(/C=C/C=C3/N(CCCS(C)(=O)=O)c4ccc(S(=O)(=O)O)cc4C3(C)CCCC(=O)O)oc-2c1. The summed E-state index contributed by atoms with van der Waals surface area (Å²) >= 11 is 0. The van der Waals surface area contributed by atoms with Gasteiger partial charge in [0.05, 0.1) is 96.0 Å². The lowest BCUT2D eigenvalue weighted by Gasteiger charge is -2.30. The van der Waals surface area contributed by atoms with Crippen molar-refractivity contribution in [2.75, 3.05) is 143 Å². The molecule has 71 heavy (non-hydrogen) atoms. The number of carbonyl (C=O) groups is 1. The molecule has 2 N–H and O–H groups in total. The molecule has 0 spiro atoms. The van der Waals surface area contributed by atoms with E-state index in [1.165, 1.54) is 18.4 Å². The topological polar surface area (TPSA) is 219 Å². The lowest BCUT2D eigenvalue weighted by Crippen LogP contribution is -2.36. The van der Waals surface area contributed by atoms with Crippen LogP contribution in [0.4, 0.5) is 5.69 Å². The van der Waals surface area contributed by atoms with E-state index in [1.54, 1.807) is 20.3 Å². The van der Waals surface area contributed by atoms with Crippen LogP contribution >= 0.6 is 0 Å². The smallest absolute Gasteiger partial charge is 0.303 e. The standard InChI is InChI=1S/C51H76N2O16S2/c1-50(2,3)44-38-41(11-8-12-48-51(4,18-9-13-49(54)55)45-39-42(71(58,59)60)15-17-46(45)53(48)19-10-36-70(7,56)57)69-47-37-40(14-16-43(44)47)52(20-22-63-28-30-67-34-32-65-26-24-61-5)21-23-64-29-31-68-35-33-66-27-25-62-6/h8,11-12,14-17,37-39H,9-10,13,18-36H2,1-7H3,(H-,54,55,58,59,60)/p+1. The Bertz CT molecular complexity index is 2420. The van der Waals surface area contributed by atoms with E-state index in [-0.39, 0.29) is 41.9 Å². The maximum Gasteiger partial charge on any atom is 0.303 e. The minimum atomic E-state index is -4.58. The zero-order valence-corrected chi connectivity index (χ0v) is 44.3. The van der Waals surface area contributed by atoms with Gasteiger partial charge in [-0.25, -0.2) is 13.0 Å². The molecule has 3 aliphatic rings. The number of methoxy groups -OCH3 is 2. The molecular formula is C51H77N2O16S2+. The second kappa shape index (κ2) is 29.6. The quantitative estimate of drug-likeness (QED) is 0.0425. The highest BCUT2D eigenvalue weighted by Gasteiger charge is 2.43. The van der Waals surface area contributed by atoms with Crippen LogP contribution in [0.2, 0.25) is 0 Å². The maximum absolute atomic E-state index is 12.4. The molecule has 398 valence electrons. The number of allylic oxidation sites excluding steroid dienone is 3. The lowest BCUT2D eigenvalue weighted by atomic mass is 9.77. The van der Waals surface area contributed by atoms with E-state index in [2.05, 4.69) is 37.5 Å². The molecule has 4 rings (SSSR count). The number of sulfone groups is 1. The first-order valence-electron chi connectivity index (χ1n) is 24.1. The monoisotopic (exact) mass is 1040 g/mol. The van der Waals surface area contributed by atoms with Crippen molar-refractivity contribution < 1.29 is 73.6 Å². The van der Waals surface area contributed by atoms with Crippen molar-refractivity contribution in [2.24, 2.45) is 0 Å². The number of fused-ring (bicyclic) bond motifs is 2. The van der Waals surface area contributed by atoms with Gasteiger partial charge in [-0.15, -0.1) is 0 Å². The van der Waals surface area contributed by atoms with E-state index in [0.29, 0.717) is 140 Å². The first-order chi connectivity index (χ1) is 33.8. The van der Waals surface area contributed by atoms with Crippen molar-refractivity contribution in [1.29, 1.82) is 0 Å². The van der Waals surface area contributed by atoms with Crippen LogP contribution in [0.25, 0.3) is 17.4 Å². The first kappa shape index (κ1) is 59.5. The minimum absolute atomic E-state index is 0.0747. The number of hydrogen-bond acceptors (Lipinski definition) is 15. The summed E-state index contributed by atoms with van der Waals surface area (Å²) in [6.07, 6.45) is 7.49. The van der Waals surface area contributed by atoms with Crippen LogP contribution in [0.3, 0.4) is 0 Å². The predicted molar refractivity (Wildman–Crippen MR) is 272 cm³/mol. The van der Waals surface area contributed by atoms with Crippen molar-refractivity contribution in [3.63, 3.8) is 0 Å². The molecule has 1 aromatic rings. The molecule has 0 amide bonds. The van der Waals surface area contributed by atoms with E-state index < -0.39 is 31.3 Å². The van der Waals surface area contributed by atoms with Gasteiger partial charge >= 0.3 is 5.97 Å². The fourth-order valence-electron chi connectivity index (χ4n) is 8.19. The Labute approximate surface area is 420 Å². The van der Waals surface area contributed by atoms with Crippen molar-refractivity contribution in [1.82, 2.24) is 4.58 Å². The van der Waals surface area contributed by atoms with Crippen molar-refractivity contribution in [2.45, 2.75) is 69.1 Å².